The monoisotopic (exact) mass is 535 g/mol. The SMILES string of the molecule is C=C/C(=C\C(=C/C)c1cc2c(-c3cc4c(N5CCN(C)CC5)cccc4[nH]3)n[nH]c2cn1)CCCN1CCCC1. The van der Waals surface area contributed by atoms with Crippen molar-refractivity contribution in [3.05, 3.63) is 72.6 Å². The number of anilines is 1. The molecule has 5 heterocycles. The lowest BCUT2D eigenvalue weighted by molar-refractivity contribution is 0.313. The highest BCUT2D eigenvalue weighted by Crippen LogP contribution is 2.34. The van der Waals surface area contributed by atoms with Crippen LogP contribution in [0.25, 0.3) is 38.8 Å². The molecule has 1 aromatic carbocycles. The Kier molecular flexibility index (Phi) is 7.84. The lowest BCUT2D eigenvalue weighted by Gasteiger charge is -2.34. The summed E-state index contributed by atoms with van der Waals surface area (Å²) in [6, 6.07) is 11.0. The number of likely N-dealkylation sites (tertiary alicyclic amines) is 1. The highest BCUT2D eigenvalue weighted by Gasteiger charge is 2.19. The lowest BCUT2D eigenvalue weighted by atomic mass is 10.0. The first-order chi connectivity index (χ1) is 19.6. The van der Waals surface area contributed by atoms with Gasteiger partial charge in [-0.1, -0.05) is 24.8 Å². The van der Waals surface area contributed by atoms with Crippen molar-refractivity contribution < 1.29 is 0 Å². The summed E-state index contributed by atoms with van der Waals surface area (Å²) in [4.78, 5) is 15.9. The summed E-state index contributed by atoms with van der Waals surface area (Å²) < 4.78 is 0. The van der Waals surface area contributed by atoms with E-state index in [0.29, 0.717) is 0 Å². The van der Waals surface area contributed by atoms with Gasteiger partial charge in [0, 0.05) is 48.2 Å². The Morgan fingerprint density at radius 1 is 1.02 bits per heavy atom. The van der Waals surface area contributed by atoms with Gasteiger partial charge in [0.2, 0.25) is 0 Å². The Hall–Kier alpha value is -3.68. The standard InChI is InChI=1S/C33H41N7/c1-4-24(10-9-15-39-13-6-7-14-39)20-25(5-2)29-22-27-31(23-34-29)36-37-33(27)30-21-26-28(35-30)11-8-12-32(26)40-18-16-38(3)17-19-40/h4-5,8,11-12,20-23,35H,1,6-7,9-10,13-19H2,2-3H3,(H,36,37)/b24-20+,25-5+. The van der Waals surface area contributed by atoms with E-state index >= 15 is 0 Å². The summed E-state index contributed by atoms with van der Waals surface area (Å²) in [5.41, 5.74) is 8.63. The fraction of sp³-hybridized carbons (Fsp3) is 0.394. The first kappa shape index (κ1) is 26.5. The van der Waals surface area contributed by atoms with E-state index in [2.05, 4.69) is 87.8 Å². The van der Waals surface area contributed by atoms with Crippen LogP contribution in [0.5, 0.6) is 0 Å². The molecule has 0 amide bonds. The van der Waals surface area contributed by atoms with Gasteiger partial charge < -0.3 is 19.7 Å². The molecule has 0 saturated carbocycles. The average Bonchev–Trinajstić information content (AvgIpc) is 3.74. The van der Waals surface area contributed by atoms with Gasteiger partial charge in [0.1, 0.15) is 5.69 Å². The fourth-order valence-electron chi connectivity index (χ4n) is 6.12. The second-order valence-electron chi connectivity index (χ2n) is 11.2. The number of rotatable bonds is 9. The molecular weight excluding hydrogens is 494 g/mol. The minimum absolute atomic E-state index is 0.924. The third-order valence-electron chi connectivity index (χ3n) is 8.54. The number of allylic oxidation sites excluding steroid dienone is 5. The maximum atomic E-state index is 4.79. The summed E-state index contributed by atoms with van der Waals surface area (Å²) in [6.07, 6.45) is 13.2. The molecule has 0 aliphatic carbocycles. The maximum absolute atomic E-state index is 4.79. The van der Waals surface area contributed by atoms with Gasteiger partial charge in [0.05, 0.1) is 23.1 Å². The van der Waals surface area contributed by atoms with E-state index in [4.69, 9.17) is 10.1 Å². The van der Waals surface area contributed by atoms with Gasteiger partial charge in [-0.2, -0.15) is 5.10 Å². The van der Waals surface area contributed by atoms with Gasteiger partial charge >= 0.3 is 0 Å². The number of nitrogens with zero attached hydrogens (tertiary/aromatic N) is 5. The minimum Gasteiger partial charge on any atom is -0.368 e. The van der Waals surface area contributed by atoms with Gasteiger partial charge in [-0.05, 0) is 101 Å². The molecule has 4 aromatic rings. The Bertz CT molecular complexity index is 1540. The van der Waals surface area contributed by atoms with E-state index in [1.54, 1.807) is 0 Å². The lowest BCUT2D eigenvalue weighted by Crippen LogP contribution is -2.44. The predicted octanol–water partition coefficient (Wildman–Crippen LogP) is 6.25. The Balaban J connectivity index is 1.27. The molecule has 208 valence electrons. The zero-order valence-corrected chi connectivity index (χ0v) is 23.9. The molecule has 2 aliphatic heterocycles. The van der Waals surface area contributed by atoms with Crippen molar-refractivity contribution in [2.75, 3.05) is 57.8 Å². The zero-order valence-electron chi connectivity index (χ0n) is 23.9. The molecule has 3 aromatic heterocycles. The number of piperazine rings is 1. The largest absolute Gasteiger partial charge is 0.368 e. The van der Waals surface area contributed by atoms with Crippen LogP contribution in [0.2, 0.25) is 0 Å². The Labute approximate surface area is 237 Å². The molecule has 0 bridgehead atoms. The smallest absolute Gasteiger partial charge is 0.116 e. The van der Waals surface area contributed by atoms with Gasteiger partial charge in [-0.25, -0.2) is 0 Å². The number of nitrogens with one attached hydrogen (secondary N) is 2. The van der Waals surface area contributed by atoms with E-state index in [0.717, 1.165) is 78.1 Å². The number of H-pyrrole nitrogens is 2. The van der Waals surface area contributed by atoms with Crippen LogP contribution in [0.3, 0.4) is 0 Å². The Morgan fingerprint density at radius 2 is 1.85 bits per heavy atom. The quantitative estimate of drug-likeness (QED) is 0.248. The van der Waals surface area contributed by atoms with E-state index in [1.807, 2.05) is 12.3 Å². The number of fused-ring (bicyclic) bond motifs is 2. The van der Waals surface area contributed by atoms with E-state index in [9.17, 15) is 0 Å². The first-order valence-corrected chi connectivity index (χ1v) is 14.7. The summed E-state index contributed by atoms with van der Waals surface area (Å²) in [7, 11) is 2.20. The number of hydrogen-bond acceptors (Lipinski definition) is 5. The first-order valence-electron chi connectivity index (χ1n) is 14.7. The molecule has 2 N–H and O–H groups in total. The van der Waals surface area contributed by atoms with Crippen LogP contribution in [-0.2, 0) is 0 Å². The topological polar surface area (TPSA) is 67.1 Å². The third-order valence-corrected chi connectivity index (χ3v) is 8.54. The molecule has 2 saturated heterocycles. The van der Waals surface area contributed by atoms with Gasteiger partial charge in [-0.3, -0.25) is 10.1 Å². The molecule has 7 nitrogen and oxygen atoms in total. The second-order valence-corrected chi connectivity index (χ2v) is 11.2. The average molecular weight is 536 g/mol. The minimum atomic E-state index is 0.924. The number of hydrogen-bond donors (Lipinski definition) is 2. The molecule has 2 aliphatic rings. The summed E-state index contributed by atoms with van der Waals surface area (Å²) in [5, 5.41) is 10.2. The van der Waals surface area contributed by atoms with E-state index in [-0.39, 0.29) is 0 Å². The van der Waals surface area contributed by atoms with Gasteiger partial charge in [-0.15, -0.1) is 0 Å². The van der Waals surface area contributed by atoms with Gasteiger partial charge in [0.25, 0.3) is 0 Å². The molecule has 40 heavy (non-hydrogen) atoms. The van der Waals surface area contributed by atoms with Crippen molar-refractivity contribution in [1.29, 1.82) is 0 Å². The van der Waals surface area contributed by atoms with E-state index in [1.165, 1.54) is 49.1 Å². The van der Waals surface area contributed by atoms with Gasteiger partial charge in [0.15, 0.2) is 0 Å². The predicted molar refractivity (Wildman–Crippen MR) is 168 cm³/mol. The number of aromatic nitrogens is 4. The molecule has 0 unspecified atom stereocenters. The maximum Gasteiger partial charge on any atom is 0.116 e. The summed E-state index contributed by atoms with van der Waals surface area (Å²) >= 11 is 0. The Morgan fingerprint density at radius 3 is 2.62 bits per heavy atom. The molecule has 6 rings (SSSR count). The van der Waals surface area contributed by atoms with Crippen LogP contribution in [0.4, 0.5) is 5.69 Å². The highest BCUT2D eigenvalue weighted by atomic mass is 15.2. The summed E-state index contributed by atoms with van der Waals surface area (Å²) in [6.45, 7) is 14.1. The summed E-state index contributed by atoms with van der Waals surface area (Å²) in [5.74, 6) is 0. The van der Waals surface area contributed by atoms with Crippen LogP contribution in [0, 0.1) is 0 Å². The third kappa shape index (κ3) is 5.49. The zero-order chi connectivity index (χ0) is 27.5. The van der Waals surface area contributed by atoms with Crippen molar-refractivity contribution in [3.63, 3.8) is 0 Å². The molecule has 7 heteroatoms. The van der Waals surface area contributed by atoms with Crippen LogP contribution < -0.4 is 4.90 Å². The van der Waals surface area contributed by atoms with Crippen LogP contribution >= 0.6 is 0 Å². The second kappa shape index (κ2) is 11.8. The van der Waals surface area contributed by atoms with Crippen molar-refractivity contribution in [2.45, 2.75) is 32.6 Å². The molecule has 0 spiro atoms. The molecular formula is C33H41N7. The molecule has 0 radical (unpaired) electrons. The number of benzene rings is 1. The van der Waals surface area contributed by atoms with Crippen LogP contribution in [0.1, 0.15) is 38.3 Å². The fourth-order valence-corrected chi connectivity index (χ4v) is 6.12. The molecule has 0 atom stereocenters. The number of aromatic amines is 2. The number of likely N-dealkylation sites (N-methyl/N-ethyl adjacent to an activating group) is 1. The van der Waals surface area contributed by atoms with Crippen molar-refractivity contribution in [1.82, 2.24) is 30.0 Å². The normalized spacial score (nSPS) is 17.9. The van der Waals surface area contributed by atoms with Crippen molar-refractivity contribution >= 4 is 33.1 Å². The van der Waals surface area contributed by atoms with Crippen molar-refractivity contribution in [2.24, 2.45) is 0 Å². The van der Waals surface area contributed by atoms with Crippen LogP contribution in [0.15, 0.2) is 66.9 Å². The number of pyridine rings is 1. The van der Waals surface area contributed by atoms with Crippen LogP contribution in [-0.4, -0.2) is 82.8 Å². The van der Waals surface area contributed by atoms with Crippen molar-refractivity contribution in [3.8, 4) is 11.4 Å². The highest BCUT2D eigenvalue weighted by molar-refractivity contribution is 6.00. The van der Waals surface area contributed by atoms with E-state index < -0.39 is 0 Å². The molecule has 2 fully saturated rings.